The Hall–Kier alpha value is -3.12. The Morgan fingerprint density at radius 2 is 1.72 bits per heavy atom. The number of pyridine rings is 1. The molecule has 1 aromatic heterocycles. The van der Waals surface area contributed by atoms with Gasteiger partial charge in [-0.1, -0.05) is 29.5 Å². The molecule has 0 fully saturated rings. The Morgan fingerprint density at radius 1 is 1.00 bits per heavy atom. The van der Waals surface area contributed by atoms with E-state index >= 15 is 0 Å². The number of amides is 2. The smallest absolute Gasteiger partial charge is 0.258 e. The van der Waals surface area contributed by atoms with Crippen LogP contribution >= 0.6 is 11.8 Å². The summed E-state index contributed by atoms with van der Waals surface area (Å²) in [5.74, 6) is -0.320. The first-order chi connectivity index (χ1) is 13.8. The third-order valence-electron chi connectivity index (χ3n) is 4.35. The molecule has 5 nitrogen and oxygen atoms in total. The number of hydrogen-bond acceptors (Lipinski definition) is 4. The molecule has 1 N–H and O–H groups in total. The molecule has 0 atom stereocenters. The summed E-state index contributed by atoms with van der Waals surface area (Å²) in [7, 11) is 3.41. The van der Waals surface area contributed by atoms with Crippen LogP contribution in [0.15, 0.2) is 70.7 Å². The quantitative estimate of drug-likeness (QED) is 0.662. The summed E-state index contributed by atoms with van der Waals surface area (Å²) in [6.07, 6.45) is 1.68. The topological polar surface area (TPSA) is 62.3 Å². The average Bonchev–Trinajstić information content (AvgIpc) is 2.70. The van der Waals surface area contributed by atoms with Gasteiger partial charge in [0.2, 0.25) is 0 Å². The van der Waals surface area contributed by atoms with Gasteiger partial charge in [-0.15, -0.1) is 0 Å². The zero-order valence-electron chi connectivity index (χ0n) is 16.9. The monoisotopic (exact) mass is 405 g/mol. The maximum absolute atomic E-state index is 12.9. The fourth-order valence-electron chi connectivity index (χ4n) is 2.82. The molecule has 3 aromatic rings. The molecule has 6 heteroatoms. The second-order valence-electron chi connectivity index (χ2n) is 6.96. The summed E-state index contributed by atoms with van der Waals surface area (Å²) in [5.41, 5.74) is 4.04. The number of hydrogen-bond donors (Lipinski definition) is 1. The largest absolute Gasteiger partial charge is 0.345 e. The molecule has 1 heterocycles. The van der Waals surface area contributed by atoms with E-state index in [-0.39, 0.29) is 11.8 Å². The minimum atomic E-state index is -0.239. The molecule has 148 valence electrons. The number of nitrogens with one attached hydrogen (secondary N) is 1. The highest BCUT2D eigenvalue weighted by atomic mass is 32.2. The van der Waals surface area contributed by atoms with Crippen molar-refractivity contribution in [1.82, 2.24) is 9.88 Å². The first kappa shape index (κ1) is 20.6. The first-order valence-electron chi connectivity index (χ1n) is 9.18. The zero-order chi connectivity index (χ0) is 21.0. The molecule has 0 aliphatic rings. The molecule has 0 bridgehead atoms. The highest BCUT2D eigenvalue weighted by Gasteiger charge is 2.15. The molecule has 2 amide bonds. The zero-order valence-corrected chi connectivity index (χ0v) is 17.7. The van der Waals surface area contributed by atoms with Gasteiger partial charge in [0.05, 0.1) is 5.56 Å². The van der Waals surface area contributed by atoms with Crippen molar-refractivity contribution in [3.63, 3.8) is 0 Å². The third kappa shape index (κ3) is 5.03. The number of aryl methyl sites for hydroxylation is 2. The van der Waals surface area contributed by atoms with Crippen molar-refractivity contribution in [2.24, 2.45) is 0 Å². The summed E-state index contributed by atoms with van der Waals surface area (Å²) in [5, 5.41) is 3.54. The Kier molecular flexibility index (Phi) is 6.34. The van der Waals surface area contributed by atoms with Crippen LogP contribution in [-0.4, -0.2) is 35.8 Å². The number of rotatable bonds is 5. The molecule has 0 unspecified atom stereocenters. The summed E-state index contributed by atoms with van der Waals surface area (Å²) in [4.78, 5) is 31.8. The van der Waals surface area contributed by atoms with Crippen molar-refractivity contribution in [3.8, 4) is 0 Å². The maximum Gasteiger partial charge on any atom is 0.258 e. The Morgan fingerprint density at radius 3 is 2.38 bits per heavy atom. The van der Waals surface area contributed by atoms with Gasteiger partial charge in [0.15, 0.2) is 0 Å². The van der Waals surface area contributed by atoms with E-state index in [0.717, 1.165) is 10.5 Å². The minimum Gasteiger partial charge on any atom is -0.345 e. The molecule has 3 rings (SSSR count). The summed E-state index contributed by atoms with van der Waals surface area (Å²) in [6, 6.07) is 16.6. The summed E-state index contributed by atoms with van der Waals surface area (Å²) >= 11 is 1.48. The Balaban J connectivity index is 1.79. The molecular formula is C23H23N3O2S. The molecule has 0 radical (unpaired) electrons. The number of carbonyl (C=O) groups excluding carboxylic acids is 2. The molecule has 29 heavy (non-hydrogen) atoms. The second kappa shape index (κ2) is 8.92. The lowest BCUT2D eigenvalue weighted by Gasteiger charge is -2.12. The van der Waals surface area contributed by atoms with Gasteiger partial charge in [0.25, 0.3) is 11.8 Å². The fourth-order valence-corrected chi connectivity index (χ4v) is 3.76. The van der Waals surface area contributed by atoms with E-state index in [1.54, 1.807) is 56.7 Å². The summed E-state index contributed by atoms with van der Waals surface area (Å²) in [6.45, 7) is 4.10. The van der Waals surface area contributed by atoms with Gasteiger partial charge < -0.3 is 10.2 Å². The highest BCUT2D eigenvalue weighted by molar-refractivity contribution is 7.99. The van der Waals surface area contributed by atoms with Gasteiger partial charge in [-0.2, -0.15) is 0 Å². The minimum absolute atomic E-state index is 0.0812. The van der Waals surface area contributed by atoms with Crippen molar-refractivity contribution in [3.05, 3.63) is 83.0 Å². The number of aromatic nitrogens is 1. The van der Waals surface area contributed by atoms with E-state index in [2.05, 4.69) is 36.3 Å². The number of nitrogens with zero attached hydrogens (tertiary/aromatic N) is 2. The lowest BCUT2D eigenvalue weighted by Crippen LogP contribution is -2.21. The van der Waals surface area contributed by atoms with E-state index < -0.39 is 0 Å². The number of carbonyl (C=O) groups is 2. The highest BCUT2D eigenvalue weighted by Crippen LogP contribution is 2.31. The Labute approximate surface area is 175 Å². The van der Waals surface area contributed by atoms with Crippen molar-refractivity contribution in [2.75, 3.05) is 19.4 Å². The normalized spacial score (nSPS) is 10.5. The lowest BCUT2D eigenvalue weighted by molar-refractivity contribution is 0.0827. The molecule has 0 aliphatic carbocycles. The van der Waals surface area contributed by atoms with Gasteiger partial charge in [-0.25, -0.2) is 4.98 Å². The van der Waals surface area contributed by atoms with Crippen LogP contribution in [0.5, 0.6) is 0 Å². The van der Waals surface area contributed by atoms with Gasteiger partial charge in [0.1, 0.15) is 5.03 Å². The van der Waals surface area contributed by atoms with Gasteiger partial charge in [-0.3, -0.25) is 9.59 Å². The van der Waals surface area contributed by atoms with Crippen LogP contribution in [0.2, 0.25) is 0 Å². The van der Waals surface area contributed by atoms with Gasteiger partial charge in [0, 0.05) is 36.4 Å². The standard InChI is InChI=1S/C23H23N3O2S/c1-15-7-12-20(16(2)14-15)29-22-19(6-5-13-24-22)21(27)25-18-10-8-17(9-11-18)23(28)26(3)4/h5-14H,1-4H3,(H,25,27). The van der Waals surface area contributed by atoms with E-state index in [1.165, 1.54) is 22.2 Å². The van der Waals surface area contributed by atoms with Crippen LogP contribution in [0.4, 0.5) is 5.69 Å². The molecule has 2 aromatic carbocycles. The fraction of sp³-hybridized carbons (Fsp3) is 0.174. The average molecular weight is 406 g/mol. The first-order valence-corrected chi connectivity index (χ1v) is 10.00. The van der Waals surface area contributed by atoms with Crippen LogP contribution in [0, 0.1) is 13.8 Å². The number of anilines is 1. The van der Waals surface area contributed by atoms with E-state index in [1.807, 2.05) is 6.07 Å². The molecule has 0 saturated heterocycles. The van der Waals surface area contributed by atoms with Crippen LogP contribution < -0.4 is 5.32 Å². The van der Waals surface area contributed by atoms with Crippen LogP contribution in [0.3, 0.4) is 0 Å². The van der Waals surface area contributed by atoms with Crippen molar-refractivity contribution in [1.29, 1.82) is 0 Å². The van der Waals surface area contributed by atoms with Crippen LogP contribution in [-0.2, 0) is 0 Å². The predicted molar refractivity (Wildman–Crippen MR) is 117 cm³/mol. The Bertz CT molecular complexity index is 1050. The van der Waals surface area contributed by atoms with E-state index in [4.69, 9.17) is 0 Å². The van der Waals surface area contributed by atoms with Crippen molar-refractivity contribution < 1.29 is 9.59 Å². The van der Waals surface area contributed by atoms with Crippen molar-refractivity contribution in [2.45, 2.75) is 23.8 Å². The second-order valence-corrected chi connectivity index (χ2v) is 7.99. The SMILES string of the molecule is Cc1ccc(Sc2ncccc2C(=O)Nc2ccc(C(=O)N(C)C)cc2)c(C)c1. The maximum atomic E-state index is 12.9. The lowest BCUT2D eigenvalue weighted by atomic mass is 10.2. The van der Waals surface area contributed by atoms with Crippen molar-refractivity contribution >= 4 is 29.3 Å². The third-order valence-corrected chi connectivity index (χ3v) is 5.55. The molecule has 0 saturated carbocycles. The summed E-state index contributed by atoms with van der Waals surface area (Å²) < 4.78 is 0. The van der Waals surface area contributed by atoms with Gasteiger partial charge in [-0.05, 0) is 61.9 Å². The van der Waals surface area contributed by atoms with Crippen LogP contribution in [0.1, 0.15) is 31.8 Å². The van der Waals surface area contributed by atoms with Gasteiger partial charge >= 0.3 is 0 Å². The molecular weight excluding hydrogens is 382 g/mol. The number of benzene rings is 2. The van der Waals surface area contributed by atoms with E-state index in [9.17, 15) is 9.59 Å². The van der Waals surface area contributed by atoms with E-state index in [0.29, 0.717) is 21.8 Å². The molecule has 0 aliphatic heterocycles. The van der Waals surface area contributed by atoms with Crippen LogP contribution in [0.25, 0.3) is 0 Å². The molecule has 0 spiro atoms. The predicted octanol–water partition coefficient (Wildman–Crippen LogP) is 4.80.